The lowest BCUT2D eigenvalue weighted by Crippen LogP contribution is -2.56. The van der Waals surface area contributed by atoms with Gasteiger partial charge < -0.3 is 20.7 Å². The number of aliphatic imine (C=N–C) groups is 1. The molecular weight excluding hydrogens is 244 g/mol. The lowest BCUT2D eigenvalue weighted by atomic mass is 9.83. The highest BCUT2D eigenvalue weighted by molar-refractivity contribution is 5.89. The molecule has 108 valence electrons. The molecule has 1 aliphatic carbocycles. The van der Waals surface area contributed by atoms with E-state index in [9.17, 15) is 4.79 Å². The molecule has 0 bridgehead atoms. The molecule has 1 rings (SSSR count). The van der Waals surface area contributed by atoms with E-state index in [1.165, 1.54) is 7.11 Å². The topological polar surface area (TPSA) is 74.8 Å². The van der Waals surface area contributed by atoms with Crippen LogP contribution in [-0.2, 0) is 9.53 Å². The Morgan fingerprint density at radius 1 is 1.47 bits per heavy atom. The van der Waals surface area contributed by atoms with E-state index in [0.717, 1.165) is 0 Å². The summed E-state index contributed by atoms with van der Waals surface area (Å²) in [4.78, 5) is 15.8. The molecule has 1 aliphatic rings. The number of guanidine groups is 1. The summed E-state index contributed by atoms with van der Waals surface area (Å²) in [5.74, 6) is 0.691. The van der Waals surface area contributed by atoms with E-state index in [4.69, 9.17) is 4.74 Å². The summed E-state index contributed by atoms with van der Waals surface area (Å²) < 4.78 is 4.81. The van der Waals surface area contributed by atoms with Gasteiger partial charge in [-0.25, -0.2) is 4.79 Å². The molecule has 3 N–H and O–H groups in total. The summed E-state index contributed by atoms with van der Waals surface area (Å²) in [6.45, 7) is 2.08. The smallest absolute Gasteiger partial charge is 0.333 e. The average molecular weight is 268 g/mol. The van der Waals surface area contributed by atoms with Crippen LogP contribution in [0.15, 0.2) is 16.6 Å². The number of ether oxygens (including phenoxy) is 1. The maximum atomic E-state index is 11.7. The summed E-state index contributed by atoms with van der Waals surface area (Å²) in [5.41, 5.74) is 0.713. The Bertz CT molecular complexity index is 379. The van der Waals surface area contributed by atoms with Crippen LogP contribution in [0.3, 0.4) is 0 Å². The van der Waals surface area contributed by atoms with Crippen LogP contribution in [0, 0.1) is 5.92 Å². The minimum atomic E-state index is -0.257. The van der Waals surface area contributed by atoms with Crippen molar-refractivity contribution < 1.29 is 9.53 Å². The van der Waals surface area contributed by atoms with Crippen molar-refractivity contribution >= 4 is 11.9 Å². The molecule has 3 unspecified atom stereocenters. The molecule has 0 radical (unpaired) electrons. The van der Waals surface area contributed by atoms with Gasteiger partial charge in [0.05, 0.1) is 7.11 Å². The van der Waals surface area contributed by atoms with Crippen molar-refractivity contribution in [1.29, 1.82) is 0 Å². The van der Waals surface area contributed by atoms with Gasteiger partial charge >= 0.3 is 5.97 Å². The van der Waals surface area contributed by atoms with E-state index in [1.807, 2.05) is 20.2 Å². The van der Waals surface area contributed by atoms with Crippen molar-refractivity contribution in [1.82, 2.24) is 16.0 Å². The largest absolute Gasteiger partial charge is 0.466 e. The molecule has 0 spiro atoms. The van der Waals surface area contributed by atoms with Gasteiger partial charge in [-0.3, -0.25) is 4.99 Å². The summed E-state index contributed by atoms with van der Waals surface area (Å²) in [6.07, 6.45) is 2.59. The maximum absolute atomic E-state index is 11.7. The summed E-state index contributed by atoms with van der Waals surface area (Å²) in [7, 11) is 6.87. The van der Waals surface area contributed by atoms with Crippen LogP contribution in [0.2, 0.25) is 0 Å². The summed E-state index contributed by atoms with van der Waals surface area (Å²) >= 11 is 0. The Morgan fingerprint density at radius 3 is 2.63 bits per heavy atom. The van der Waals surface area contributed by atoms with Crippen molar-refractivity contribution in [3.05, 3.63) is 11.6 Å². The molecule has 0 amide bonds. The van der Waals surface area contributed by atoms with Crippen LogP contribution >= 0.6 is 0 Å². The number of likely N-dealkylation sites (N-methyl/N-ethyl adjacent to an activating group) is 1. The third-order valence-electron chi connectivity index (χ3n) is 3.47. The number of esters is 1. The number of carbonyl (C=O) groups is 1. The first-order valence-corrected chi connectivity index (χ1v) is 6.44. The Hall–Kier alpha value is -1.56. The molecule has 0 aliphatic heterocycles. The predicted molar refractivity (Wildman–Crippen MR) is 76.1 cm³/mol. The average Bonchev–Trinajstić information content (AvgIpc) is 2.43. The molecule has 6 heteroatoms. The first-order chi connectivity index (χ1) is 9.07. The number of rotatable bonds is 3. The molecule has 0 fully saturated rings. The molecule has 0 saturated carbocycles. The Balaban J connectivity index is 2.90. The molecule has 0 aromatic carbocycles. The Labute approximate surface area is 114 Å². The monoisotopic (exact) mass is 268 g/mol. The minimum Gasteiger partial charge on any atom is -0.466 e. The van der Waals surface area contributed by atoms with E-state index < -0.39 is 0 Å². The van der Waals surface area contributed by atoms with Crippen LogP contribution in [0.5, 0.6) is 0 Å². The minimum absolute atomic E-state index is 0.0882. The number of hydrogen-bond acceptors (Lipinski definition) is 4. The highest BCUT2D eigenvalue weighted by atomic mass is 16.5. The van der Waals surface area contributed by atoms with Crippen molar-refractivity contribution in [3.8, 4) is 0 Å². The van der Waals surface area contributed by atoms with Crippen molar-refractivity contribution in [2.24, 2.45) is 10.9 Å². The van der Waals surface area contributed by atoms with E-state index in [2.05, 4.69) is 27.9 Å². The van der Waals surface area contributed by atoms with Gasteiger partial charge in [-0.05, 0) is 13.0 Å². The third kappa shape index (κ3) is 3.70. The van der Waals surface area contributed by atoms with Gasteiger partial charge in [0.1, 0.15) is 0 Å². The van der Waals surface area contributed by atoms with Crippen LogP contribution in [0.1, 0.15) is 13.3 Å². The fourth-order valence-electron chi connectivity index (χ4n) is 2.53. The molecule has 19 heavy (non-hydrogen) atoms. The van der Waals surface area contributed by atoms with Crippen LogP contribution < -0.4 is 16.0 Å². The van der Waals surface area contributed by atoms with E-state index in [0.29, 0.717) is 18.0 Å². The fourth-order valence-corrected chi connectivity index (χ4v) is 2.53. The quantitative estimate of drug-likeness (QED) is 0.378. The number of hydrogen-bond donors (Lipinski definition) is 3. The molecule has 6 nitrogen and oxygen atoms in total. The molecule has 3 atom stereocenters. The van der Waals surface area contributed by atoms with Crippen molar-refractivity contribution in [2.75, 3.05) is 28.3 Å². The standard InChI is InChI=1S/C13H24N4O2/c1-8-6-9(12(18)19-5)7-10(11(8)14-2)17-13(15-3)16-4/h6,8,10-11,14H,7H2,1-5H3,(H2,15,16,17). The second-order valence-corrected chi connectivity index (χ2v) is 4.63. The number of methoxy groups -OCH3 is 1. The van der Waals surface area contributed by atoms with Gasteiger partial charge in [-0.1, -0.05) is 13.0 Å². The van der Waals surface area contributed by atoms with E-state index in [1.54, 1.807) is 7.05 Å². The van der Waals surface area contributed by atoms with E-state index >= 15 is 0 Å². The van der Waals surface area contributed by atoms with Gasteiger partial charge in [0, 0.05) is 38.2 Å². The Kier molecular flexibility index (Phi) is 5.82. The third-order valence-corrected chi connectivity index (χ3v) is 3.47. The van der Waals surface area contributed by atoms with Crippen LogP contribution in [-0.4, -0.2) is 52.3 Å². The highest BCUT2D eigenvalue weighted by Gasteiger charge is 2.32. The van der Waals surface area contributed by atoms with Crippen molar-refractivity contribution in [3.63, 3.8) is 0 Å². The maximum Gasteiger partial charge on any atom is 0.333 e. The number of nitrogens with one attached hydrogen (secondary N) is 3. The molecular formula is C13H24N4O2. The molecule has 0 heterocycles. The van der Waals surface area contributed by atoms with Crippen molar-refractivity contribution in [2.45, 2.75) is 25.4 Å². The highest BCUT2D eigenvalue weighted by Crippen LogP contribution is 2.24. The van der Waals surface area contributed by atoms with Gasteiger partial charge in [0.25, 0.3) is 0 Å². The van der Waals surface area contributed by atoms with Gasteiger partial charge in [-0.15, -0.1) is 0 Å². The number of carbonyl (C=O) groups excluding carboxylic acids is 1. The zero-order chi connectivity index (χ0) is 14.4. The lowest BCUT2D eigenvalue weighted by molar-refractivity contribution is -0.136. The fraction of sp³-hybridized carbons (Fsp3) is 0.692. The second kappa shape index (κ2) is 7.13. The second-order valence-electron chi connectivity index (χ2n) is 4.63. The molecule has 0 saturated heterocycles. The zero-order valence-electron chi connectivity index (χ0n) is 12.3. The lowest BCUT2D eigenvalue weighted by Gasteiger charge is -2.36. The molecule has 0 aromatic heterocycles. The first-order valence-electron chi connectivity index (χ1n) is 6.44. The van der Waals surface area contributed by atoms with Gasteiger partial charge in [0.2, 0.25) is 0 Å². The Morgan fingerprint density at radius 2 is 2.16 bits per heavy atom. The normalized spacial score (nSPS) is 27.5. The zero-order valence-corrected chi connectivity index (χ0v) is 12.3. The SMILES string of the molecule is CN=C(NC)NC1CC(C(=O)OC)=CC(C)C1NC. The van der Waals surface area contributed by atoms with E-state index in [-0.39, 0.29) is 24.0 Å². The van der Waals surface area contributed by atoms with Gasteiger partial charge in [-0.2, -0.15) is 0 Å². The predicted octanol–water partition coefficient (Wildman–Crippen LogP) is -0.123. The molecule has 0 aromatic rings. The van der Waals surface area contributed by atoms with Crippen LogP contribution in [0.4, 0.5) is 0 Å². The summed E-state index contributed by atoms with van der Waals surface area (Å²) in [5, 5.41) is 9.61. The van der Waals surface area contributed by atoms with Gasteiger partial charge in [0.15, 0.2) is 5.96 Å². The number of nitrogens with zero attached hydrogens (tertiary/aromatic N) is 1. The van der Waals surface area contributed by atoms with Crippen LogP contribution in [0.25, 0.3) is 0 Å². The summed E-state index contributed by atoms with van der Waals surface area (Å²) in [6, 6.07) is 0.323. The first kappa shape index (κ1) is 15.5.